The van der Waals surface area contributed by atoms with E-state index in [0.717, 1.165) is 11.3 Å². The zero-order valence-electron chi connectivity index (χ0n) is 11.7. The predicted molar refractivity (Wildman–Crippen MR) is 76.9 cm³/mol. The monoisotopic (exact) mass is 256 g/mol. The van der Waals surface area contributed by atoms with Crippen molar-refractivity contribution in [3.63, 3.8) is 0 Å². The fourth-order valence-corrected chi connectivity index (χ4v) is 2.07. The summed E-state index contributed by atoms with van der Waals surface area (Å²) in [6.45, 7) is 4.72. The van der Waals surface area contributed by atoms with Gasteiger partial charge in [-0.15, -0.1) is 0 Å². The Labute approximate surface area is 114 Å². The van der Waals surface area contributed by atoms with Crippen LogP contribution in [0.5, 0.6) is 0 Å². The zero-order chi connectivity index (χ0) is 13.8. The van der Waals surface area contributed by atoms with Gasteiger partial charge < -0.3 is 9.47 Å². The second-order valence-electron chi connectivity index (χ2n) is 5.00. The molecule has 1 amide bonds. The summed E-state index contributed by atoms with van der Waals surface area (Å²) < 4.78 is 2.05. The quantitative estimate of drug-likeness (QED) is 0.825. The van der Waals surface area contributed by atoms with Gasteiger partial charge in [0.2, 0.25) is 0 Å². The van der Waals surface area contributed by atoms with Crippen molar-refractivity contribution in [2.24, 2.45) is 7.05 Å². The summed E-state index contributed by atoms with van der Waals surface area (Å²) in [6.07, 6.45) is 2.00. The molecule has 0 radical (unpaired) electrons. The molecule has 0 aliphatic heterocycles. The normalized spacial score (nSPS) is 10.7. The summed E-state index contributed by atoms with van der Waals surface area (Å²) in [7, 11) is 2.00. The van der Waals surface area contributed by atoms with E-state index in [1.807, 2.05) is 79.0 Å². The van der Waals surface area contributed by atoms with Gasteiger partial charge in [-0.3, -0.25) is 4.79 Å². The lowest BCUT2D eigenvalue weighted by atomic mass is 10.1. The lowest BCUT2D eigenvalue weighted by Crippen LogP contribution is -2.36. The molecule has 0 unspecified atom stereocenters. The lowest BCUT2D eigenvalue weighted by molar-refractivity contribution is 0.0686. The number of aromatic nitrogens is 1. The first kappa shape index (κ1) is 13.4. The minimum atomic E-state index is 0.0804. The molecule has 0 atom stereocenters. The van der Waals surface area contributed by atoms with E-state index in [1.165, 1.54) is 0 Å². The highest BCUT2D eigenvalue weighted by Crippen LogP contribution is 2.13. The molecule has 2 aromatic rings. The molecule has 0 saturated heterocycles. The third-order valence-electron chi connectivity index (χ3n) is 3.29. The molecule has 1 aromatic heterocycles. The van der Waals surface area contributed by atoms with Gasteiger partial charge in [-0.1, -0.05) is 18.2 Å². The Morgan fingerprint density at radius 3 is 2.37 bits per heavy atom. The number of carbonyl (C=O) groups is 1. The van der Waals surface area contributed by atoms with Crippen LogP contribution >= 0.6 is 0 Å². The number of amides is 1. The maximum absolute atomic E-state index is 12.5. The van der Waals surface area contributed by atoms with Crippen LogP contribution in [-0.2, 0) is 13.6 Å². The van der Waals surface area contributed by atoms with Gasteiger partial charge in [-0.25, -0.2) is 0 Å². The molecule has 0 spiro atoms. The van der Waals surface area contributed by atoms with E-state index in [4.69, 9.17) is 0 Å². The summed E-state index contributed by atoms with van der Waals surface area (Å²) in [6, 6.07) is 13.7. The van der Waals surface area contributed by atoms with Crippen LogP contribution in [0.25, 0.3) is 0 Å². The van der Waals surface area contributed by atoms with Gasteiger partial charge in [0.1, 0.15) is 0 Å². The first-order valence-electron chi connectivity index (χ1n) is 6.56. The van der Waals surface area contributed by atoms with Crippen LogP contribution in [-0.4, -0.2) is 21.4 Å². The first-order chi connectivity index (χ1) is 9.09. The third kappa shape index (κ3) is 3.05. The van der Waals surface area contributed by atoms with Crippen molar-refractivity contribution in [1.82, 2.24) is 9.47 Å². The van der Waals surface area contributed by atoms with Gasteiger partial charge >= 0.3 is 0 Å². The molecule has 0 saturated carbocycles. The van der Waals surface area contributed by atoms with Crippen molar-refractivity contribution in [2.75, 3.05) is 0 Å². The molecule has 100 valence electrons. The van der Waals surface area contributed by atoms with E-state index in [-0.39, 0.29) is 11.9 Å². The molecular weight excluding hydrogens is 236 g/mol. The second-order valence-corrected chi connectivity index (χ2v) is 5.00. The summed E-state index contributed by atoms with van der Waals surface area (Å²) >= 11 is 0. The highest BCUT2D eigenvalue weighted by Gasteiger charge is 2.19. The number of aryl methyl sites for hydroxylation is 1. The van der Waals surface area contributed by atoms with Gasteiger partial charge in [-0.05, 0) is 38.1 Å². The minimum Gasteiger partial charge on any atom is -0.353 e. The van der Waals surface area contributed by atoms with Crippen molar-refractivity contribution in [1.29, 1.82) is 0 Å². The number of nitrogens with zero attached hydrogens (tertiary/aromatic N) is 2. The van der Waals surface area contributed by atoms with E-state index in [1.54, 1.807) is 0 Å². The van der Waals surface area contributed by atoms with Crippen LogP contribution < -0.4 is 0 Å². The Hall–Kier alpha value is -2.03. The molecule has 0 aliphatic rings. The van der Waals surface area contributed by atoms with Crippen LogP contribution in [0.3, 0.4) is 0 Å². The summed E-state index contributed by atoms with van der Waals surface area (Å²) in [5.41, 5.74) is 1.88. The molecule has 1 aromatic carbocycles. The SMILES string of the molecule is CC(C)N(Cc1cccn1C)C(=O)c1ccccc1. The van der Waals surface area contributed by atoms with Crippen LogP contribution in [0.15, 0.2) is 48.7 Å². The van der Waals surface area contributed by atoms with E-state index in [2.05, 4.69) is 0 Å². The summed E-state index contributed by atoms with van der Waals surface area (Å²) in [5, 5.41) is 0. The zero-order valence-corrected chi connectivity index (χ0v) is 11.7. The third-order valence-corrected chi connectivity index (χ3v) is 3.29. The maximum atomic E-state index is 12.5. The van der Waals surface area contributed by atoms with E-state index in [9.17, 15) is 4.79 Å². The van der Waals surface area contributed by atoms with E-state index in [0.29, 0.717) is 6.54 Å². The number of rotatable bonds is 4. The second kappa shape index (κ2) is 5.74. The molecule has 2 rings (SSSR count). The van der Waals surface area contributed by atoms with Crippen molar-refractivity contribution >= 4 is 5.91 Å². The molecule has 19 heavy (non-hydrogen) atoms. The van der Waals surface area contributed by atoms with Crippen molar-refractivity contribution in [2.45, 2.75) is 26.4 Å². The molecule has 3 nitrogen and oxygen atoms in total. The van der Waals surface area contributed by atoms with E-state index >= 15 is 0 Å². The molecular formula is C16H20N2O. The Balaban J connectivity index is 2.22. The number of hydrogen-bond acceptors (Lipinski definition) is 1. The largest absolute Gasteiger partial charge is 0.353 e. The Kier molecular flexibility index (Phi) is 4.05. The topological polar surface area (TPSA) is 25.2 Å². The smallest absolute Gasteiger partial charge is 0.254 e. The maximum Gasteiger partial charge on any atom is 0.254 e. The highest BCUT2D eigenvalue weighted by molar-refractivity contribution is 5.94. The lowest BCUT2D eigenvalue weighted by Gasteiger charge is -2.27. The van der Waals surface area contributed by atoms with Gasteiger partial charge in [0.15, 0.2) is 0 Å². The van der Waals surface area contributed by atoms with Crippen molar-refractivity contribution < 1.29 is 4.79 Å². The molecule has 3 heteroatoms. The van der Waals surface area contributed by atoms with Crippen LogP contribution in [0.2, 0.25) is 0 Å². The molecule has 1 heterocycles. The predicted octanol–water partition coefficient (Wildman–Crippen LogP) is 3.08. The fourth-order valence-electron chi connectivity index (χ4n) is 2.07. The standard InChI is InChI=1S/C16H20N2O/c1-13(2)18(12-15-10-7-11-17(15)3)16(19)14-8-5-4-6-9-14/h4-11,13H,12H2,1-3H3. The first-order valence-corrected chi connectivity index (χ1v) is 6.56. The molecule has 0 fully saturated rings. The van der Waals surface area contributed by atoms with Crippen LogP contribution in [0.1, 0.15) is 29.9 Å². The average Bonchev–Trinajstić information content (AvgIpc) is 2.81. The number of carbonyl (C=O) groups excluding carboxylic acids is 1. The Bertz CT molecular complexity index is 543. The van der Waals surface area contributed by atoms with Crippen LogP contribution in [0.4, 0.5) is 0 Å². The van der Waals surface area contributed by atoms with Crippen LogP contribution in [0, 0.1) is 0 Å². The highest BCUT2D eigenvalue weighted by atomic mass is 16.2. The van der Waals surface area contributed by atoms with Gasteiger partial charge in [-0.2, -0.15) is 0 Å². The Morgan fingerprint density at radius 2 is 1.84 bits per heavy atom. The van der Waals surface area contributed by atoms with Crippen molar-refractivity contribution in [3.05, 3.63) is 59.9 Å². The summed E-state index contributed by atoms with van der Waals surface area (Å²) in [4.78, 5) is 14.4. The minimum absolute atomic E-state index is 0.0804. The average molecular weight is 256 g/mol. The molecule has 0 N–H and O–H groups in total. The van der Waals surface area contributed by atoms with Gasteiger partial charge in [0, 0.05) is 30.5 Å². The van der Waals surface area contributed by atoms with Gasteiger partial charge in [0.25, 0.3) is 5.91 Å². The number of benzene rings is 1. The molecule has 0 aliphatic carbocycles. The van der Waals surface area contributed by atoms with E-state index < -0.39 is 0 Å². The van der Waals surface area contributed by atoms with Gasteiger partial charge in [0.05, 0.1) is 6.54 Å². The number of hydrogen-bond donors (Lipinski definition) is 0. The fraction of sp³-hybridized carbons (Fsp3) is 0.312. The summed E-state index contributed by atoms with van der Waals surface area (Å²) in [5.74, 6) is 0.0804. The van der Waals surface area contributed by atoms with Crippen molar-refractivity contribution in [3.8, 4) is 0 Å². The Morgan fingerprint density at radius 1 is 1.16 bits per heavy atom. The molecule has 0 bridgehead atoms.